The number of thioether (sulfide) groups is 1. The fraction of sp³-hybridized carbons (Fsp3) is 0.583. The third-order valence-corrected chi connectivity index (χ3v) is 3.49. The van der Waals surface area contributed by atoms with Crippen LogP contribution < -0.4 is 5.32 Å². The predicted molar refractivity (Wildman–Crippen MR) is 71.1 cm³/mol. The number of carbonyl (C=O) groups is 1. The zero-order valence-corrected chi connectivity index (χ0v) is 11.3. The summed E-state index contributed by atoms with van der Waals surface area (Å²) >= 11 is 1.79. The van der Waals surface area contributed by atoms with Gasteiger partial charge in [0.1, 0.15) is 5.76 Å². The molecule has 18 heavy (non-hydrogen) atoms. The van der Waals surface area contributed by atoms with Crippen LogP contribution in [0.15, 0.2) is 10.5 Å². The zero-order chi connectivity index (χ0) is 13.4. The molecule has 0 fully saturated rings. The first kappa shape index (κ1) is 15.1. The Kier molecular flexibility index (Phi) is 6.85. The van der Waals surface area contributed by atoms with Crippen LogP contribution in [-0.4, -0.2) is 40.8 Å². The second kappa shape index (κ2) is 8.18. The highest BCUT2D eigenvalue weighted by Crippen LogP contribution is 2.14. The molecule has 0 atom stereocenters. The van der Waals surface area contributed by atoms with E-state index in [2.05, 4.69) is 5.32 Å². The van der Waals surface area contributed by atoms with E-state index in [1.54, 1.807) is 24.8 Å². The Hall–Kier alpha value is -0.980. The van der Waals surface area contributed by atoms with Crippen LogP contribution in [0.2, 0.25) is 0 Å². The van der Waals surface area contributed by atoms with Gasteiger partial charge in [-0.2, -0.15) is 11.8 Å². The Morgan fingerprint density at radius 1 is 1.50 bits per heavy atom. The van der Waals surface area contributed by atoms with Gasteiger partial charge in [-0.25, -0.2) is 4.79 Å². The van der Waals surface area contributed by atoms with E-state index < -0.39 is 5.97 Å². The number of carboxylic acid groups (broad SMARTS) is 1. The van der Waals surface area contributed by atoms with Crippen LogP contribution in [0.3, 0.4) is 0 Å². The number of hydrogen-bond acceptors (Lipinski definition) is 5. The monoisotopic (exact) mass is 273 g/mol. The van der Waals surface area contributed by atoms with E-state index in [1.165, 1.54) is 0 Å². The fourth-order valence-corrected chi connectivity index (χ4v) is 2.26. The van der Waals surface area contributed by atoms with Gasteiger partial charge < -0.3 is 19.9 Å². The van der Waals surface area contributed by atoms with Crippen molar-refractivity contribution in [1.29, 1.82) is 0 Å². The summed E-state index contributed by atoms with van der Waals surface area (Å²) in [4.78, 5) is 10.7. The molecule has 0 saturated heterocycles. The van der Waals surface area contributed by atoms with Gasteiger partial charge in [0.15, 0.2) is 0 Å². The summed E-state index contributed by atoms with van der Waals surface area (Å²) in [6.07, 6.45) is 0.827. The van der Waals surface area contributed by atoms with Crippen molar-refractivity contribution in [2.75, 3.05) is 24.7 Å². The Bertz CT molecular complexity index is 378. The largest absolute Gasteiger partial charge is 0.475 e. The van der Waals surface area contributed by atoms with Gasteiger partial charge >= 0.3 is 5.97 Å². The van der Waals surface area contributed by atoms with Gasteiger partial charge in [0, 0.05) is 31.0 Å². The van der Waals surface area contributed by atoms with Crippen LogP contribution in [0.25, 0.3) is 0 Å². The standard InChI is InChI=1S/C12H19NO4S/c1-9-10(7-11(17-9)12(15)16)8-13-3-6-18-5-2-4-14/h7,13-14H,2-6,8H2,1H3,(H,15,16). The molecule has 0 bridgehead atoms. The van der Waals surface area contributed by atoms with Crippen LogP contribution in [-0.2, 0) is 6.54 Å². The molecule has 0 radical (unpaired) electrons. The average Bonchev–Trinajstić information content (AvgIpc) is 2.70. The smallest absolute Gasteiger partial charge is 0.371 e. The lowest BCUT2D eigenvalue weighted by atomic mass is 10.2. The van der Waals surface area contributed by atoms with Crippen LogP contribution in [0.1, 0.15) is 28.3 Å². The van der Waals surface area contributed by atoms with Crippen molar-refractivity contribution in [3.05, 3.63) is 23.2 Å². The molecule has 0 aliphatic rings. The molecule has 1 rings (SSSR count). The minimum atomic E-state index is -1.04. The number of hydrogen-bond donors (Lipinski definition) is 3. The topological polar surface area (TPSA) is 82.7 Å². The molecule has 102 valence electrons. The maximum atomic E-state index is 10.7. The summed E-state index contributed by atoms with van der Waals surface area (Å²) in [5, 5.41) is 20.6. The van der Waals surface area contributed by atoms with Gasteiger partial charge in [0.05, 0.1) is 0 Å². The Morgan fingerprint density at radius 2 is 2.28 bits per heavy atom. The summed E-state index contributed by atoms with van der Waals surface area (Å²) in [6, 6.07) is 1.56. The summed E-state index contributed by atoms with van der Waals surface area (Å²) < 4.78 is 5.11. The van der Waals surface area contributed by atoms with Crippen molar-refractivity contribution in [3.63, 3.8) is 0 Å². The number of nitrogens with one attached hydrogen (secondary N) is 1. The van der Waals surface area contributed by atoms with Gasteiger partial charge in [0.25, 0.3) is 0 Å². The van der Waals surface area contributed by atoms with Crippen LogP contribution >= 0.6 is 11.8 Å². The van der Waals surface area contributed by atoms with Crippen LogP contribution in [0.4, 0.5) is 0 Å². The van der Waals surface area contributed by atoms with E-state index >= 15 is 0 Å². The van der Waals surface area contributed by atoms with Crippen molar-refractivity contribution in [3.8, 4) is 0 Å². The quantitative estimate of drug-likeness (QED) is 0.591. The number of aryl methyl sites for hydroxylation is 1. The fourth-order valence-electron chi connectivity index (χ4n) is 1.44. The molecule has 5 nitrogen and oxygen atoms in total. The van der Waals surface area contributed by atoms with E-state index in [4.69, 9.17) is 14.6 Å². The number of aliphatic hydroxyl groups excluding tert-OH is 1. The number of rotatable bonds is 9. The molecular formula is C12H19NO4S. The van der Waals surface area contributed by atoms with Gasteiger partial charge in [-0.15, -0.1) is 0 Å². The van der Waals surface area contributed by atoms with Gasteiger partial charge in [-0.05, 0) is 25.2 Å². The maximum Gasteiger partial charge on any atom is 0.371 e. The first-order valence-corrected chi connectivity index (χ1v) is 7.02. The number of aromatic carboxylic acids is 1. The predicted octanol–water partition coefficient (Wildman–Crippen LogP) is 1.49. The lowest BCUT2D eigenvalue weighted by Crippen LogP contribution is -2.16. The van der Waals surface area contributed by atoms with Crippen molar-refractivity contribution < 1.29 is 19.4 Å². The molecule has 0 amide bonds. The first-order chi connectivity index (χ1) is 8.65. The van der Waals surface area contributed by atoms with Crippen LogP contribution in [0.5, 0.6) is 0 Å². The Labute approximate surface area is 111 Å². The molecule has 0 aliphatic heterocycles. The normalized spacial score (nSPS) is 10.8. The average molecular weight is 273 g/mol. The third-order valence-electron chi connectivity index (χ3n) is 2.42. The summed E-state index contributed by atoms with van der Waals surface area (Å²) in [6.45, 7) is 3.47. The molecule has 0 saturated carbocycles. The van der Waals surface area contributed by atoms with E-state index in [1.807, 2.05) is 0 Å². The van der Waals surface area contributed by atoms with Gasteiger partial charge in [-0.1, -0.05) is 0 Å². The molecular weight excluding hydrogens is 254 g/mol. The molecule has 1 heterocycles. The molecule has 0 aromatic carbocycles. The van der Waals surface area contributed by atoms with Gasteiger partial charge in [-0.3, -0.25) is 0 Å². The second-order valence-electron chi connectivity index (χ2n) is 3.86. The minimum absolute atomic E-state index is 0.0124. The van der Waals surface area contributed by atoms with E-state index in [0.29, 0.717) is 12.3 Å². The number of carboxylic acids is 1. The SMILES string of the molecule is Cc1oc(C(=O)O)cc1CNCCSCCCO. The van der Waals surface area contributed by atoms with Crippen molar-refractivity contribution in [2.24, 2.45) is 0 Å². The molecule has 0 unspecified atom stereocenters. The molecule has 1 aromatic rings. The number of aliphatic hydroxyl groups is 1. The Morgan fingerprint density at radius 3 is 2.89 bits per heavy atom. The third kappa shape index (κ3) is 5.12. The maximum absolute atomic E-state index is 10.7. The first-order valence-electron chi connectivity index (χ1n) is 5.87. The summed E-state index contributed by atoms with van der Waals surface area (Å²) in [7, 11) is 0. The molecule has 6 heteroatoms. The van der Waals surface area contributed by atoms with Gasteiger partial charge in [0.2, 0.25) is 5.76 Å². The highest BCUT2D eigenvalue weighted by Gasteiger charge is 2.12. The second-order valence-corrected chi connectivity index (χ2v) is 5.09. The molecule has 0 aliphatic carbocycles. The summed E-state index contributed by atoms with van der Waals surface area (Å²) in [5.74, 6) is 1.53. The zero-order valence-electron chi connectivity index (χ0n) is 10.4. The minimum Gasteiger partial charge on any atom is -0.475 e. The lowest BCUT2D eigenvalue weighted by molar-refractivity contribution is 0.0661. The molecule has 3 N–H and O–H groups in total. The van der Waals surface area contributed by atoms with E-state index in [-0.39, 0.29) is 12.4 Å². The van der Waals surface area contributed by atoms with Crippen molar-refractivity contribution in [1.82, 2.24) is 5.32 Å². The van der Waals surface area contributed by atoms with Crippen molar-refractivity contribution in [2.45, 2.75) is 19.9 Å². The lowest BCUT2D eigenvalue weighted by Gasteiger charge is -2.03. The highest BCUT2D eigenvalue weighted by molar-refractivity contribution is 7.99. The number of furan rings is 1. The summed E-state index contributed by atoms with van der Waals surface area (Å²) in [5.41, 5.74) is 0.882. The Balaban J connectivity index is 2.21. The van der Waals surface area contributed by atoms with E-state index in [0.717, 1.165) is 30.0 Å². The van der Waals surface area contributed by atoms with E-state index in [9.17, 15) is 4.79 Å². The molecule has 1 aromatic heterocycles. The van der Waals surface area contributed by atoms with Crippen molar-refractivity contribution >= 4 is 17.7 Å². The highest BCUT2D eigenvalue weighted by atomic mass is 32.2. The van der Waals surface area contributed by atoms with Crippen LogP contribution in [0, 0.1) is 6.92 Å². The molecule has 0 spiro atoms.